The van der Waals surface area contributed by atoms with Crippen LogP contribution in [0.25, 0.3) is 0 Å². The number of aryl methyl sites for hydroxylation is 1. The van der Waals surface area contributed by atoms with Gasteiger partial charge in [-0.05, 0) is 42.2 Å². The molecule has 0 atom stereocenters. The van der Waals surface area contributed by atoms with Crippen molar-refractivity contribution in [3.63, 3.8) is 0 Å². The van der Waals surface area contributed by atoms with Crippen LogP contribution in [-0.4, -0.2) is 51.2 Å². The normalized spacial score (nSPS) is 14.4. The van der Waals surface area contributed by atoms with Crippen LogP contribution < -0.4 is 14.4 Å². The van der Waals surface area contributed by atoms with Crippen LogP contribution >= 0.6 is 0 Å². The first-order valence-corrected chi connectivity index (χ1v) is 9.82. The van der Waals surface area contributed by atoms with E-state index in [0.717, 1.165) is 13.1 Å². The Morgan fingerprint density at radius 2 is 1.64 bits per heavy atom. The number of para-hydroxylation sites is 1. The number of ether oxygens (including phenoxy) is 2. The summed E-state index contributed by atoms with van der Waals surface area (Å²) in [7, 11) is 3.18. The third-order valence-corrected chi connectivity index (χ3v) is 5.40. The molecule has 0 bridgehead atoms. The van der Waals surface area contributed by atoms with Crippen molar-refractivity contribution in [3.05, 3.63) is 53.1 Å². The summed E-state index contributed by atoms with van der Waals surface area (Å²) >= 11 is 0. The molecular formula is C23H30N2O3. The molecule has 2 aromatic carbocycles. The zero-order chi connectivity index (χ0) is 20.3. The Morgan fingerprint density at radius 3 is 2.25 bits per heavy atom. The van der Waals surface area contributed by atoms with Gasteiger partial charge in [-0.1, -0.05) is 32.0 Å². The minimum absolute atomic E-state index is 0.0365. The minimum Gasteiger partial charge on any atom is -0.493 e. The molecule has 0 aliphatic carbocycles. The highest BCUT2D eigenvalue weighted by molar-refractivity contribution is 5.95. The number of piperazine rings is 1. The largest absolute Gasteiger partial charge is 0.493 e. The Hall–Kier alpha value is -2.69. The minimum atomic E-state index is 0.0365. The van der Waals surface area contributed by atoms with Crippen molar-refractivity contribution in [2.24, 2.45) is 0 Å². The standard InChI is InChI=1S/C23H30N2O3/c1-16(2)19-8-6-7-17(3)22(19)24-11-13-25(14-12-24)23(26)18-9-10-20(27-4)21(15-18)28-5/h6-10,15-16H,11-14H2,1-5H3. The number of hydrogen-bond donors (Lipinski definition) is 0. The number of nitrogens with zero attached hydrogens (tertiary/aromatic N) is 2. The van der Waals surface area contributed by atoms with Crippen LogP contribution in [0.4, 0.5) is 5.69 Å². The predicted octanol–water partition coefficient (Wildman–Crippen LogP) is 4.10. The number of anilines is 1. The Morgan fingerprint density at radius 1 is 0.964 bits per heavy atom. The fraction of sp³-hybridized carbons (Fsp3) is 0.435. The number of benzene rings is 2. The van der Waals surface area contributed by atoms with E-state index in [1.165, 1.54) is 16.8 Å². The molecule has 0 aromatic heterocycles. The van der Waals surface area contributed by atoms with Crippen molar-refractivity contribution >= 4 is 11.6 Å². The van der Waals surface area contributed by atoms with E-state index in [4.69, 9.17) is 9.47 Å². The van der Waals surface area contributed by atoms with Gasteiger partial charge in [-0.25, -0.2) is 0 Å². The Kier molecular flexibility index (Phi) is 6.12. The number of hydrogen-bond acceptors (Lipinski definition) is 4. The number of amides is 1. The molecule has 1 amide bonds. The summed E-state index contributed by atoms with van der Waals surface area (Å²) in [4.78, 5) is 17.3. The van der Waals surface area contributed by atoms with Crippen LogP contribution in [0.1, 0.15) is 41.3 Å². The highest BCUT2D eigenvalue weighted by atomic mass is 16.5. The van der Waals surface area contributed by atoms with E-state index in [0.29, 0.717) is 36.1 Å². The molecule has 150 valence electrons. The van der Waals surface area contributed by atoms with Crippen molar-refractivity contribution in [2.45, 2.75) is 26.7 Å². The SMILES string of the molecule is COc1ccc(C(=O)N2CCN(c3c(C)cccc3C(C)C)CC2)cc1OC. The molecule has 1 aliphatic rings. The number of methoxy groups -OCH3 is 2. The fourth-order valence-electron chi connectivity index (χ4n) is 3.86. The van der Waals surface area contributed by atoms with Crippen molar-refractivity contribution in [1.82, 2.24) is 4.90 Å². The molecule has 0 saturated carbocycles. The summed E-state index contributed by atoms with van der Waals surface area (Å²) in [5.41, 5.74) is 4.63. The van der Waals surface area contributed by atoms with Gasteiger partial charge in [0.25, 0.3) is 5.91 Å². The monoisotopic (exact) mass is 382 g/mol. The molecular weight excluding hydrogens is 352 g/mol. The molecule has 0 N–H and O–H groups in total. The van der Waals surface area contributed by atoms with E-state index in [-0.39, 0.29) is 5.91 Å². The Labute approximate surface area is 167 Å². The van der Waals surface area contributed by atoms with Crippen LogP contribution in [0.3, 0.4) is 0 Å². The van der Waals surface area contributed by atoms with E-state index in [2.05, 4.69) is 43.9 Å². The van der Waals surface area contributed by atoms with Gasteiger partial charge in [0.2, 0.25) is 0 Å². The summed E-state index contributed by atoms with van der Waals surface area (Å²) in [5.74, 6) is 1.72. The third kappa shape index (κ3) is 3.93. The van der Waals surface area contributed by atoms with Crippen LogP contribution in [0, 0.1) is 6.92 Å². The molecule has 5 nitrogen and oxygen atoms in total. The molecule has 5 heteroatoms. The maximum absolute atomic E-state index is 13.0. The van der Waals surface area contributed by atoms with Gasteiger partial charge in [-0.3, -0.25) is 4.79 Å². The van der Waals surface area contributed by atoms with E-state index >= 15 is 0 Å². The van der Waals surface area contributed by atoms with Crippen molar-refractivity contribution < 1.29 is 14.3 Å². The molecule has 3 rings (SSSR count). The highest BCUT2D eigenvalue weighted by Crippen LogP contribution is 2.32. The molecule has 2 aromatic rings. The maximum atomic E-state index is 13.0. The third-order valence-electron chi connectivity index (χ3n) is 5.40. The molecule has 0 unspecified atom stereocenters. The van der Waals surface area contributed by atoms with Gasteiger partial charge < -0.3 is 19.3 Å². The smallest absolute Gasteiger partial charge is 0.254 e. The quantitative estimate of drug-likeness (QED) is 0.781. The van der Waals surface area contributed by atoms with Crippen LogP contribution in [0.5, 0.6) is 11.5 Å². The summed E-state index contributed by atoms with van der Waals surface area (Å²) < 4.78 is 10.6. The first-order chi connectivity index (χ1) is 13.5. The summed E-state index contributed by atoms with van der Waals surface area (Å²) in [6, 6.07) is 11.9. The predicted molar refractivity (Wildman–Crippen MR) is 113 cm³/mol. The molecule has 1 heterocycles. The van der Waals surface area contributed by atoms with Crippen molar-refractivity contribution in [3.8, 4) is 11.5 Å². The van der Waals surface area contributed by atoms with Gasteiger partial charge in [0.05, 0.1) is 14.2 Å². The van der Waals surface area contributed by atoms with Crippen LogP contribution in [-0.2, 0) is 0 Å². The molecule has 0 radical (unpaired) electrons. The van der Waals surface area contributed by atoms with Crippen molar-refractivity contribution in [1.29, 1.82) is 0 Å². The summed E-state index contributed by atoms with van der Waals surface area (Å²) in [6.07, 6.45) is 0. The lowest BCUT2D eigenvalue weighted by molar-refractivity contribution is 0.0746. The molecule has 0 spiro atoms. The van der Waals surface area contributed by atoms with Gasteiger partial charge in [0.15, 0.2) is 11.5 Å². The highest BCUT2D eigenvalue weighted by Gasteiger charge is 2.25. The lowest BCUT2D eigenvalue weighted by atomic mass is 9.97. The first kappa shape index (κ1) is 20.1. The van der Waals surface area contributed by atoms with E-state index in [1.54, 1.807) is 32.4 Å². The van der Waals surface area contributed by atoms with Gasteiger partial charge in [-0.2, -0.15) is 0 Å². The Bertz CT molecular complexity index is 840. The number of carbonyl (C=O) groups excluding carboxylic acids is 1. The van der Waals surface area contributed by atoms with Gasteiger partial charge in [0.1, 0.15) is 0 Å². The average Bonchev–Trinajstić information content (AvgIpc) is 2.72. The molecule has 1 fully saturated rings. The first-order valence-electron chi connectivity index (χ1n) is 9.82. The molecule has 1 aliphatic heterocycles. The zero-order valence-corrected chi connectivity index (χ0v) is 17.5. The van der Waals surface area contributed by atoms with Gasteiger partial charge in [0, 0.05) is 37.4 Å². The second kappa shape index (κ2) is 8.55. The topological polar surface area (TPSA) is 42.0 Å². The van der Waals surface area contributed by atoms with E-state index in [1.807, 2.05) is 4.90 Å². The lowest BCUT2D eigenvalue weighted by Crippen LogP contribution is -2.49. The number of rotatable bonds is 5. The summed E-state index contributed by atoms with van der Waals surface area (Å²) in [5, 5.41) is 0. The van der Waals surface area contributed by atoms with Crippen LogP contribution in [0.2, 0.25) is 0 Å². The lowest BCUT2D eigenvalue weighted by Gasteiger charge is -2.38. The van der Waals surface area contributed by atoms with Crippen LogP contribution in [0.15, 0.2) is 36.4 Å². The molecule has 28 heavy (non-hydrogen) atoms. The van der Waals surface area contributed by atoms with Gasteiger partial charge >= 0.3 is 0 Å². The Balaban J connectivity index is 1.73. The number of carbonyl (C=O) groups is 1. The molecule has 1 saturated heterocycles. The second-order valence-electron chi connectivity index (χ2n) is 7.52. The maximum Gasteiger partial charge on any atom is 0.254 e. The second-order valence-corrected chi connectivity index (χ2v) is 7.52. The zero-order valence-electron chi connectivity index (χ0n) is 17.5. The van der Waals surface area contributed by atoms with E-state index in [9.17, 15) is 4.79 Å². The summed E-state index contributed by atoms with van der Waals surface area (Å²) in [6.45, 7) is 9.72. The van der Waals surface area contributed by atoms with E-state index < -0.39 is 0 Å². The van der Waals surface area contributed by atoms with Gasteiger partial charge in [-0.15, -0.1) is 0 Å². The fourth-order valence-corrected chi connectivity index (χ4v) is 3.86. The average molecular weight is 383 g/mol. The van der Waals surface area contributed by atoms with Crippen molar-refractivity contribution in [2.75, 3.05) is 45.3 Å².